The SMILES string of the molecule is O.O.O.O.O.O.[Ti].[Ti]. The fraction of sp³-hybridized carbons (Fsp3) is 0. The molecule has 0 saturated carbocycles. The number of hydrogen-bond donors (Lipinski definition) is 0. The monoisotopic (exact) mass is 204 g/mol. The van der Waals surface area contributed by atoms with Crippen molar-refractivity contribution in [2.24, 2.45) is 0 Å². The minimum absolute atomic E-state index is 0. The Morgan fingerprint density at radius 1 is 0.250 bits per heavy atom. The fourth-order valence-corrected chi connectivity index (χ4v) is 0. The molecular weight excluding hydrogens is 192 g/mol. The van der Waals surface area contributed by atoms with Crippen LogP contribution in [0.25, 0.3) is 0 Å². The quantitative estimate of drug-likeness (QED) is 0.341. The van der Waals surface area contributed by atoms with Crippen molar-refractivity contribution >= 4 is 0 Å². The third kappa shape index (κ3) is 195. The molecule has 0 fully saturated rings. The Morgan fingerprint density at radius 2 is 0.250 bits per heavy atom. The maximum atomic E-state index is 0. The van der Waals surface area contributed by atoms with Crippen molar-refractivity contribution in [3.05, 3.63) is 0 Å². The van der Waals surface area contributed by atoms with Gasteiger partial charge < -0.3 is 32.9 Å². The first-order valence-electron chi connectivity index (χ1n) is 0. The molecule has 56 valence electrons. The zero-order valence-electron chi connectivity index (χ0n) is 4.00. The molecule has 0 aromatic rings. The molecule has 0 atom stereocenters. The van der Waals surface area contributed by atoms with Gasteiger partial charge >= 0.3 is 0 Å². The van der Waals surface area contributed by atoms with Crippen LogP contribution < -0.4 is 0 Å². The summed E-state index contributed by atoms with van der Waals surface area (Å²) in [5.74, 6) is 0. The Labute approximate surface area is 76.3 Å². The third-order valence-electron chi connectivity index (χ3n) is 0. The molecule has 0 rings (SSSR count). The van der Waals surface area contributed by atoms with Crippen molar-refractivity contribution < 1.29 is 76.3 Å². The Bertz CT molecular complexity index is 6.49. The van der Waals surface area contributed by atoms with E-state index >= 15 is 0 Å². The average Bonchev–Trinajstić information content (AvgIpc) is 0. The second-order valence-electron chi connectivity index (χ2n) is 0. The van der Waals surface area contributed by atoms with Gasteiger partial charge in [-0.25, -0.2) is 0 Å². The van der Waals surface area contributed by atoms with Crippen molar-refractivity contribution in [2.75, 3.05) is 0 Å². The van der Waals surface area contributed by atoms with E-state index in [2.05, 4.69) is 0 Å². The number of rotatable bonds is 0. The fourth-order valence-electron chi connectivity index (χ4n) is 0. The predicted molar refractivity (Wildman–Crippen MR) is 21.7 cm³/mol. The second kappa shape index (κ2) is 300. The summed E-state index contributed by atoms with van der Waals surface area (Å²) in [5.41, 5.74) is 0. The van der Waals surface area contributed by atoms with Gasteiger partial charge in [-0.15, -0.1) is 0 Å². The van der Waals surface area contributed by atoms with Crippen LogP contribution in [0.5, 0.6) is 0 Å². The summed E-state index contributed by atoms with van der Waals surface area (Å²) in [6.45, 7) is 0. The van der Waals surface area contributed by atoms with E-state index in [-0.39, 0.29) is 76.3 Å². The third-order valence-corrected chi connectivity index (χ3v) is 0. The Balaban J connectivity index is 0. The van der Waals surface area contributed by atoms with E-state index in [1.54, 1.807) is 0 Å². The van der Waals surface area contributed by atoms with Crippen LogP contribution >= 0.6 is 0 Å². The largest absolute Gasteiger partial charge is 0.412 e. The minimum atomic E-state index is 0. The summed E-state index contributed by atoms with van der Waals surface area (Å²) in [4.78, 5) is 0. The smallest absolute Gasteiger partial charge is 0 e. The summed E-state index contributed by atoms with van der Waals surface area (Å²) >= 11 is 0. The predicted octanol–water partition coefficient (Wildman–Crippen LogP) is -4.95. The van der Waals surface area contributed by atoms with E-state index in [1.165, 1.54) is 0 Å². The molecule has 0 radical (unpaired) electrons. The molecule has 0 saturated heterocycles. The summed E-state index contributed by atoms with van der Waals surface area (Å²) < 4.78 is 0. The molecule has 12 N–H and O–H groups in total. The van der Waals surface area contributed by atoms with Crippen LogP contribution in [0.2, 0.25) is 0 Å². The first-order valence-corrected chi connectivity index (χ1v) is 0. The summed E-state index contributed by atoms with van der Waals surface area (Å²) in [6.07, 6.45) is 0. The van der Waals surface area contributed by atoms with Crippen molar-refractivity contribution in [1.82, 2.24) is 0 Å². The van der Waals surface area contributed by atoms with E-state index < -0.39 is 0 Å². The van der Waals surface area contributed by atoms with Gasteiger partial charge in [-0.3, -0.25) is 0 Å². The van der Waals surface area contributed by atoms with E-state index in [9.17, 15) is 0 Å². The molecule has 8 heteroatoms. The van der Waals surface area contributed by atoms with Crippen LogP contribution in [0, 0.1) is 0 Å². The minimum Gasteiger partial charge on any atom is -0.412 e. The molecule has 0 aliphatic heterocycles. The molecule has 0 heterocycles. The zero-order valence-corrected chi connectivity index (χ0v) is 7.12. The van der Waals surface area contributed by atoms with E-state index in [0.29, 0.717) is 0 Å². The molecule has 0 aromatic carbocycles. The Hall–Kier alpha value is 1.19. The molecule has 0 aliphatic rings. The number of hydrogen-bond acceptors (Lipinski definition) is 0. The van der Waals surface area contributed by atoms with Crippen LogP contribution in [0.3, 0.4) is 0 Å². The Kier molecular flexibility index (Phi) is 16300. The van der Waals surface area contributed by atoms with Crippen molar-refractivity contribution in [1.29, 1.82) is 0 Å². The van der Waals surface area contributed by atoms with E-state index in [1.807, 2.05) is 0 Å². The maximum Gasteiger partial charge on any atom is 0 e. The van der Waals surface area contributed by atoms with Gasteiger partial charge in [0.25, 0.3) is 0 Å². The van der Waals surface area contributed by atoms with Crippen LogP contribution in [-0.2, 0) is 43.4 Å². The molecular formula is H12O6Ti2. The standard InChI is InChI=1S/6H2O.2Ti/h6*1H2;;. The normalized spacial score (nSPS) is 0. The molecule has 0 aromatic heterocycles. The molecule has 8 heavy (non-hydrogen) atoms. The maximum absolute atomic E-state index is 0. The van der Waals surface area contributed by atoms with E-state index in [4.69, 9.17) is 0 Å². The summed E-state index contributed by atoms with van der Waals surface area (Å²) in [7, 11) is 0. The van der Waals surface area contributed by atoms with E-state index in [0.717, 1.165) is 0 Å². The van der Waals surface area contributed by atoms with Gasteiger partial charge in [0.05, 0.1) is 0 Å². The molecule has 0 spiro atoms. The molecule has 0 bridgehead atoms. The van der Waals surface area contributed by atoms with Gasteiger partial charge in [0.1, 0.15) is 0 Å². The van der Waals surface area contributed by atoms with Crippen LogP contribution in [0.1, 0.15) is 0 Å². The van der Waals surface area contributed by atoms with Gasteiger partial charge in [-0.2, -0.15) is 0 Å². The molecule has 0 amide bonds. The summed E-state index contributed by atoms with van der Waals surface area (Å²) in [6, 6.07) is 0. The van der Waals surface area contributed by atoms with Crippen LogP contribution in [-0.4, -0.2) is 32.9 Å². The molecule has 0 aliphatic carbocycles. The van der Waals surface area contributed by atoms with Crippen LogP contribution in [0.4, 0.5) is 0 Å². The second-order valence-corrected chi connectivity index (χ2v) is 0. The zero-order chi connectivity index (χ0) is 0. The Morgan fingerprint density at radius 3 is 0.250 bits per heavy atom. The van der Waals surface area contributed by atoms with Crippen molar-refractivity contribution in [2.45, 2.75) is 0 Å². The molecule has 6 nitrogen and oxygen atoms in total. The van der Waals surface area contributed by atoms with Gasteiger partial charge in [-0.05, 0) is 0 Å². The van der Waals surface area contributed by atoms with Gasteiger partial charge in [0, 0.05) is 43.4 Å². The summed E-state index contributed by atoms with van der Waals surface area (Å²) in [5, 5.41) is 0. The van der Waals surface area contributed by atoms with Gasteiger partial charge in [-0.1, -0.05) is 0 Å². The first-order chi connectivity index (χ1) is 0. The van der Waals surface area contributed by atoms with Crippen molar-refractivity contribution in [3.63, 3.8) is 0 Å². The average molecular weight is 204 g/mol. The van der Waals surface area contributed by atoms with Crippen molar-refractivity contribution in [3.8, 4) is 0 Å². The van der Waals surface area contributed by atoms with Gasteiger partial charge in [0.15, 0.2) is 0 Å². The first kappa shape index (κ1) is 436. The topological polar surface area (TPSA) is 189 Å². The van der Waals surface area contributed by atoms with Crippen LogP contribution in [0.15, 0.2) is 0 Å². The van der Waals surface area contributed by atoms with Gasteiger partial charge in [0.2, 0.25) is 0 Å². The molecule has 0 unspecified atom stereocenters.